The molecular formula is C49H36. The van der Waals surface area contributed by atoms with Gasteiger partial charge in [-0.3, -0.25) is 0 Å². The van der Waals surface area contributed by atoms with Crippen LogP contribution in [0.2, 0.25) is 0 Å². The van der Waals surface area contributed by atoms with Gasteiger partial charge in [-0.25, -0.2) is 0 Å². The fraction of sp³-hybridized carbons (Fsp3) is 0.102. The highest BCUT2D eigenvalue weighted by Gasteiger charge is 2.35. The summed E-state index contributed by atoms with van der Waals surface area (Å²) in [6, 6.07) is 57.0. The molecule has 0 amide bonds. The number of rotatable bonds is 3. The van der Waals surface area contributed by atoms with Crippen LogP contribution in [0.1, 0.15) is 43.4 Å². The highest BCUT2D eigenvalue weighted by atomic mass is 14.4. The molecule has 0 saturated carbocycles. The molecule has 0 saturated heterocycles. The molecule has 2 aliphatic carbocycles. The quantitative estimate of drug-likeness (QED) is 0.172. The summed E-state index contributed by atoms with van der Waals surface area (Å²) in [5, 5.41) is 10.5. The summed E-state index contributed by atoms with van der Waals surface area (Å²) < 4.78 is 0. The van der Waals surface area contributed by atoms with Gasteiger partial charge in [0.2, 0.25) is 0 Å². The van der Waals surface area contributed by atoms with E-state index in [2.05, 4.69) is 172 Å². The van der Waals surface area contributed by atoms with Crippen LogP contribution < -0.4 is 10.4 Å². The first kappa shape index (κ1) is 28.3. The minimum Gasteiger partial charge on any atom is -0.0763 e. The van der Waals surface area contributed by atoms with Crippen molar-refractivity contribution in [3.05, 3.63) is 179 Å². The van der Waals surface area contributed by atoms with E-state index in [4.69, 9.17) is 0 Å². The van der Waals surface area contributed by atoms with Crippen LogP contribution in [0.5, 0.6) is 0 Å². The average molecular weight is 625 g/mol. The lowest BCUT2D eigenvalue weighted by molar-refractivity contribution is 0.660. The second-order valence-electron chi connectivity index (χ2n) is 14.4. The summed E-state index contributed by atoms with van der Waals surface area (Å²) in [6.07, 6.45) is 4.48. The third-order valence-corrected chi connectivity index (χ3v) is 11.3. The van der Waals surface area contributed by atoms with E-state index < -0.39 is 0 Å². The van der Waals surface area contributed by atoms with Crippen molar-refractivity contribution in [2.75, 3.05) is 0 Å². The Balaban J connectivity index is 1.31. The van der Waals surface area contributed by atoms with Gasteiger partial charge < -0.3 is 0 Å². The molecule has 0 fully saturated rings. The van der Waals surface area contributed by atoms with E-state index in [1.807, 2.05) is 0 Å². The smallest absolute Gasteiger partial charge is 0.0159 e. The Bertz CT molecular complexity index is 2790. The van der Waals surface area contributed by atoms with Gasteiger partial charge in [-0.2, -0.15) is 0 Å². The van der Waals surface area contributed by atoms with Crippen molar-refractivity contribution in [1.29, 1.82) is 0 Å². The molecule has 0 bridgehead atoms. The molecule has 8 aromatic rings. The Morgan fingerprint density at radius 2 is 1.10 bits per heavy atom. The zero-order chi connectivity index (χ0) is 32.7. The standard InChI is InChI=1S/C49H36/c1-49(2)45-21-10-9-17-38(45)39-26-25-36(30-46(39)49)47-41-18-7-8-19-42(41)48(40-20-11-15-32-13-5-6-16-37(32)40)44-29-35(24-27-43(44)47)34-23-22-31-12-3-4-14-33(31)28-34/h3-10,12-19,21-30H,11,20H2,1-2H3. The van der Waals surface area contributed by atoms with Gasteiger partial charge in [-0.05, 0) is 129 Å². The highest BCUT2D eigenvalue weighted by Crippen LogP contribution is 2.51. The van der Waals surface area contributed by atoms with Gasteiger partial charge >= 0.3 is 0 Å². The maximum Gasteiger partial charge on any atom is 0.0159 e. The fourth-order valence-corrected chi connectivity index (χ4v) is 8.94. The van der Waals surface area contributed by atoms with Crippen LogP contribution in [0.15, 0.2) is 152 Å². The molecule has 49 heavy (non-hydrogen) atoms. The van der Waals surface area contributed by atoms with Crippen molar-refractivity contribution in [3.63, 3.8) is 0 Å². The van der Waals surface area contributed by atoms with Gasteiger partial charge in [0.25, 0.3) is 0 Å². The second kappa shape index (κ2) is 10.6. The van der Waals surface area contributed by atoms with Crippen LogP contribution in [-0.4, -0.2) is 0 Å². The maximum absolute atomic E-state index is 2.49. The highest BCUT2D eigenvalue weighted by molar-refractivity contribution is 6.19. The Labute approximate surface area is 287 Å². The SMILES string of the molecule is CC1(C)c2ccccc2-c2ccc(-c3c4ccccc4c(C4=c5ccccc5=CCC4)c4cc(-c5ccc6ccccc6c5)ccc34)cc21. The fourth-order valence-electron chi connectivity index (χ4n) is 8.94. The largest absolute Gasteiger partial charge is 0.0763 e. The second-order valence-corrected chi connectivity index (χ2v) is 14.4. The average Bonchev–Trinajstić information content (AvgIpc) is 3.38. The topological polar surface area (TPSA) is 0 Å². The van der Waals surface area contributed by atoms with Gasteiger partial charge in [0.05, 0.1) is 0 Å². The zero-order valence-electron chi connectivity index (χ0n) is 27.9. The van der Waals surface area contributed by atoms with Crippen molar-refractivity contribution in [3.8, 4) is 33.4 Å². The molecule has 0 spiro atoms. The lowest BCUT2D eigenvalue weighted by Gasteiger charge is -2.24. The summed E-state index contributed by atoms with van der Waals surface area (Å²) in [5.41, 5.74) is 13.4. The van der Waals surface area contributed by atoms with Crippen LogP contribution in [0.25, 0.3) is 77.3 Å². The summed E-state index contributed by atoms with van der Waals surface area (Å²) in [5.74, 6) is 0. The molecule has 0 heteroatoms. The van der Waals surface area contributed by atoms with Gasteiger partial charge in [0.15, 0.2) is 0 Å². The van der Waals surface area contributed by atoms with Crippen molar-refractivity contribution in [1.82, 2.24) is 0 Å². The molecule has 0 unspecified atom stereocenters. The monoisotopic (exact) mass is 624 g/mol. The molecular weight excluding hydrogens is 589 g/mol. The van der Waals surface area contributed by atoms with Crippen LogP contribution >= 0.6 is 0 Å². The summed E-state index contributed by atoms with van der Waals surface area (Å²) >= 11 is 0. The number of hydrogen-bond donors (Lipinski definition) is 0. The van der Waals surface area contributed by atoms with Gasteiger partial charge in [-0.1, -0.05) is 153 Å². The van der Waals surface area contributed by atoms with E-state index in [-0.39, 0.29) is 5.41 Å². The number of benzene rings is 8. The molecule has 8 aromatic carbocycles. The Hall–Kier alpha value is -5.72. The first-order valence-corrected chi connectivity index (χ1v) is 17.6. The van der Waals surface area contributed by atoms with E-state index >= 15 is 0 Å². The predicted molar refractivity (Wildman–Crippen MR) is 209 cm³/mol. The van der Waals surface area contributed by atoms with Gasteiger partial charge in [0, 0.05) is 5.41 Å². The van der Waals surface area contributed by atoms with E-state index in [1.165, 1.54) is 98.4 Å². The molecule has 232 valence electrons. The number of fused-ring (bicyclic) bond motifs is 7. The minimum absolute atomic E-state index is 0.0606. The lowest BCUT2D eigenvalue weighted by atomic mass is 9.79. The third-order valence-electron chi connectivity index (χ3n) is 11.3. The van der Waals surface area contributed by atoms with E-state index in [0.29, 0.717) is 0 Å². The molecule has 0 N–H and O–H groups in total. The molecule has 0 heterocycles. The Morgan fingerprint density at radius 3 is 2.00 bits per heavy atom. The molecule has 0 radical (unpaired) electrons. The molecule has 0 atom stereocenters. The van der Waals surface area contributed by atoms with Crippen LogP contribution in [0.4, 0.5) is 0 Å². The molecule has 0 aliphatic heterocycles. The lowest BCUT2D eigenvalue weighted by Crippen LogP contribution is -2.29. The maximum atomic E-state index is 2.49. The first-order chi connectivity index (χ1) is 24.1. The van der Waals surface area contributed by atoms with Crippen molar-refractivity contribution in [2.24, 2.45) is 0 Å². The molecule has 0 nitrogen and oxygen atoms in total. The predicted octanol–water partition coefficient (Wildman–Crippen LogP) is 11.6. The zero-order valence-corrected chi connectivity index (χ0v) is 27.9. The van der Waals surface area contributed by atoms with Crippen molar-refractivity contribution < 1.29 is 0 Å². The van der Waals surface area contributed by atoms with Crippen LogP contribution in [0, 0.1) is 0 Å². The van der Waals surface area contributed by atoms with Gasteiger partial charge in [-0.15, -0.1) is 0 Å². The van der Waals surface area contributed by atoms with Crippen molar-refractivity contribution in [2.45, 2.75) is 32.1 Å². The van der Waals surface area contributed by atoms with Crippen LogP contribution in [0.3, 0.4) is 0 Å². The van der Waals surface area contributed by atoms with Crippen LogP contribution in [-0.2, 0) is 5.41 Å². The Kier molecular flexibility index (Phi) is 6.15. The molecule has 0 aromatic heterocycles. The van der Waals surface area contributed by atoms with E-state index in [1.54, 1.807) is 0 Å². The van der Waals surface area contributed by atoms with E-state index in [9.17, 15) is 0 Å². The summed E-state index contributed by atoms with van der Waals surface area (Å²) in [7, 11) is 0. The summed E-state index contributed by atoms with van der Waals surface area (Å²) in [4.78, 5) is 0. The van der Waals surface area contributed by atoms with Gasteiger partial charge in [0.1, 0.15) is 0 Å². The molecule has 10 rings (SSSR count). The Morgan fingerprint density at radius 1 is 0.449 bits per heavy atom. The summed E-state index contributed by atoms with van der Waals surface area (Å²) in [6.45, 7) is 4.76. The number of hydrogen-bond acceptors (Lipinski definition) is 0. The van der Waals surface area contributed by atoms with E-state index in [0.717, 1.165) is 12.8 Å². The third kappa shape index (κ3) is 4.23. The van der Waals surface area contributed by atoms with Crippen molar-refractivity contribution >= 4 is 44.0 Å². The normalized spacial score (nSPS) is 14.4. The minimum atomic E-state index is -0.0606. The molecule has 2 aliphatic rings. The first-order valence-electron chi connectivity index (χ1n) is 17.6.